The van der Waals surface area contributed by atoms with Gasteiger partial charge < -0.3 is 5.73 Å². The molecule has 8 nitrogen and oxygen atoms in total. The average Bonchev–Trinajstić information content (AvgIpc) is 3.06. The number of Topliss-reactive ketones (excluding diaryl/α,β-unsaturated/α-hetero) is 1. The molecule has 0 saturated carbocycles. The van der Waals surface area contributed by atoms with Gasteiger partial charge in [0.2, 0.25) is 0 Å². The Hall–Kier alpha value is -3.01. The quantitative estimate of drug-likeness (QED) is 0.510. The first-order valence-electron chi connectivity index (χ1n) is 8.85. The molecule has 0 aliphatic rings. The first kappa shape index (κ1) is 21.7. The summed E-state index contributed by atoms with van der Waals surface area (Å²) in [7, 11) is -4.29. The zero-order valence-corrected chi connectivity index (χ0v) is 17.2. The highest BCUT2D eigenvalue weighted by molar-refractivity contribution is 7.85. The third-order valence-corrected chi connectivity index (χ3v) is 5.32. The molecule has 1 aromatic heterocycles. The van der Waals surface area contributed by atoms with Crippen molar-refractivity contribution in [2.45, 2.75) is 12.8 Å². The molecule has 30 heavy (non-hydrogen) atoms. The topological polar surface area (TPSA) is 132 Å². The van der Waals surface area contributed by atoms with E-state index in [1.165, 1.54) is 4.68 Å². The van der Waals surface area contributed by atoms with Gasteiger partial charge >= 0.3 is 0 Å². The Morgan fingerprint density at radius 3 is 2.27 bits per heavy atom. The highest BCUT2D eigenvalue weighted by Crippen LogP contribution is 2.29. The number of nitrogens with two attached hydrogens (primary N) is 1. The van der Waals surface area contributed by atoms with Crippen molar-refractivity contribution in [3.63, 3.8) is 0 Å². The number of primary amides is 1. The van der Waals surface area contributed by atoms with Crippen molar-refractivity contribution in [1.29, 1.82) is 0 Å². The molecule has 0 fully saturated rings. The summed E-state index contributed by atoms with van der Waals surface area (Å²) in [5.74, 6) is -1.98. The maximum Gasteiger partial charge on any atom is 0.267 e. The minimum atomic E-state index is -4.29. The molecule has 3 aromatic rings. The molecule has 0 spiro atoms. The van der Waals surface area contributed by atoms with Crippen LogP contribution in [0, 0.1) is 0 Å². The smallest absolute Gasteiger partial charge is 0.267 e. The molecule has 0 bridgehead atoms. The molecule has 0 radical (unpaired) electrons. The minimum absolute atomic E-state index is 0.0198. The van der Waals surface area contributed by atoms with Gasteiger partial charge in [0, 0.05) is 29.0 Å². The van der Waals surface area contributed by atoms with Crippen molar-refractivity contribution in [3.05, 3.63) is 70.9 Å². The van der Waals surface area contributed by atoms with Crippen molar-refractivity contribution in [3.8, 4) is 16.9 Å². The van der Waals surface area contributed by atoms with E-state index in [1.54, 1.807) is 54.6 Å². The van der Waals surface area contributed by atoms with Crippen LogP contribution in [-0.4, -0.2) is 40.2 Å². The SMILES string of the molecule is NC(=O)c1c(CC(=O)CCS(=O)(=O)O)c(-c2ccc(Cl)cc2)nn1-c1ccccc1. The first-order valence-corrected chi connectivity index (χ1v) is 10.8. The second kappa shape index (κ2) is 8.78. The second-order valence-electron chi connectivity index (χ2n) is 6.55. The second-order valence-corrected chi connectivity index (χ2v) is 8.55. The van der Waals surface area contributed by atoms with Gasteiger partial charge in [0.1, 0.15) is 11.5 Å². The Labute approximate surface area is 178 Å². The maximum absolute atomic E-state index is 12.4. The summed E-state index contributed by atoms with van der Waals surface area (Å²) < 4.78 is 32.2. The van der Waals surface area contributed by atoms with Gasteiger partial charge in [-0.1, -0.05) is 41.9 Å². The summed E-state index contributed by atoms with van der Waals surface area (Å²) in [4.78, 5) is 24.7. The van der Waals surface area contributed by atoms with Crippen LogP contribution in [0.2, 0.25) is 5.02 Å². The van der Waals surface area contributed by atoms with Crippen LogP contribution in [0.4, 0.5) is 0 Å². The zero-order valence-electron chi connectivity index (χ0n) is 15.7. The predicted octanol–water partition coefficient (Wildman–Crippen LogP) is 2.68. The van der Waals surface area contributed by atoms with Crippen LogP contribution in [0.5, 0.6) is 0 Å². The van der Waals surface area contributed by atoms with E-state index in [0.717, 1.165) is 0 Å². The van der Waals surface area contributed by atoms with Crippen LogP contribution in [0.1, 0.15) is 22.5 Å². The van der Waals surface area contributed by atoms with Gasteiger partial charge in [-0.3, -0.25) is 14.1 Å². The molecule has 156 valence electrons. The lowest BCUT2D eigenvalue weighted by atomic mass is 10.00. The number of nitrogens with zero attached hydrogens (tertiary/aromatic N) is 2. The van der Waals surface area contributed by atoms with Crippen LogP contribution < -0.4 is 5.73 Å². The number of para-hydroxylation sites is 1. The van der Waals surface area contributed by atoms with E-state index in [9.17, 15) is 18.0 Å². The third kappa shape index (κ3) is 5.12. The molecule has 0 saturated heterocycles. The number of aromatic nitrogens is 2. The fraction of sp³-hybridized carbons (Fsp3) is 0.150. The van der Waals surface area contributed by atoms with Crippen molar-refractivity contribution in [2.24, 2.45) is 5.73 Å². The van der Waals surface area contributed by atoms with E-state index >= 15 is 0 Å². The van der Waals surface area contributed by atoms with Gasteiger partial charge in [-0.15, -0.1) is 0 Å². The van der Waals surface area contributed by atoms with Crippen molar-refractivity contribution in [1.82, 2.24) is 9.78 Å². The van der Waals surface area contributed by atoms with E-state index < -0.39 is 34.0 Å². The molecule has 0 unspecified atom stereocenters. The highest BCUT2D eigenvalue weighted by atomic mass is 35.5. The van der Waals surface area contributed by atoms with E-state index in [4.69, 9.17) is 21.9 Å². The van der Waals surface area contributed by atoms with Gasteiger partial charge in [-0.25, -0.2) is 4.68 Å². The molecule has 0 aliphatic carbocycles. The largest absolute Gasteiger partial charge is 0.364 e. The first-order chi connectivity index (χ1) is 14.2. The van der Waals surface area contributed by atoms with E-state index in [0.29, 0.717) is 22.0 Å². The van der Waals surface area contributed by atoms with Gasteiger partial charge in [-0.05, 0) is 24.3 Å². The van der Waals surface area contributed by atoms with E-state index in [2.05, 4.69) is 5.10 Å². The standard InChI is InChI=1S/C20H18ClN3O5S/c21-14-8-6-13(7-9-14)18-17(12-16(25)10-11-30(27,28)29)19(20(22)26)24(23-18)15-4-2-1-3-5-15/h1-9H,10-12H2,(H2,22,26)(H,27,28,29). The van der Waals surface area contributed by atoms with Crippen LogP contribution in [0.15, 0.2) is 54.6 Å². The lowest BCUT2D eigenvalue weighted by Crippen LogP contribution is -2.20. The summed E-state index contributed by atoms with van der Waals surface area (Å²) in [5, 5.41) is 5.02. The maximum atomic E-state index is 12.4. The number of carbonyl (C=O) groups excluding carboxylic acids is 2. The van der Waals surface area contributed by atoms with Crippen molar-refractivity contribution < 1.29 is 22.6 Å². The number of amides is 1. The Kier molecular flexibility index (Phi) is 6.35. The monoisotopic (exact) mass is 447 g/mol. The van der Waals surface area contributed by atoms with Crippen LogP contribution in [0.25, 0.3) is 16.9 Å². The molecule has 3 N–H and O–H groups in total. The molecule has 0 aliphatic heterocycles. The summed E-state index contributed by atoms with van der Waals surface area (Å²) in [5.41, 5.74) is 7.44. The van der Waals surface area contributed by atoms with Gasteiger partial charge in [0.15, 0.2) is 0 Å². The lowest BCUT2D eigenvalue weighted by Gasteiger charge is -2.07. The third-order valence-electron chi connectivity index (χ3n) is 4.35. The molecule has 1 amide bonds. The van der Waals surface area contributed by atoms with Gasteiger partial charge in [0.05, 0.1) is 17.1 Å². The summed E-state index contributed by atoms with van der Waals surface area (Å²) in [6.07, 6.45) is -0.688. The Bertz CT molecular complexity index is 1190. The summed E-state index contributed by atoms with van der Waals surface area (Å²) in [6.45, 7) is 0. The molecule has 0 atom stereocenters. The van der Waals surface area contributed by atoms with E-state index in [-0.39, 0.29) is 17.7 Å². The normalized spacial score (nSPS) is 11.4. The average molecular weight is 448 g/mol. The molecular weight excluding hydrogens is 430 g/mol. The van der Waals surface area contributed by atoms with Gasteiger partial charge in [-0.2, -0.15) is 13.5 Å². The number of benzene rings is 2. The number of halogens is 1. The predicted molar refractivity (Wildman–Crippen MR) is 112 cm³/mol. The Morgan fingerprint density at radius 2 is 1.70 bits per heavy atom. The van der Waals surface area contributed by atoms with E-state index in [1.807, 2.05) is 0 Å². The fourth-order valence-corrected chi connectivity index (χ4v) is 3.61. The number of hydrogen-bond acceptors (Lipinski definition) is 5. The van der Waals surface area contributed by atoms with Crippen LogP contribution >= 0.6 is 11.6 Å². The molecule has 2 aromatic carbocycles. The fourth-order valence-electron chi connectivity index (χ4n) is 3.00. The highest BCUT2D eigenvalue weighted by Gasteiger charge is 2.26. The number of carbonyl (C=O) groups is 2. The van der Waals surface area contributed by atoms with Crippen LogP contribution in [0.3, 0.4) is 0 Å². The van der Waals surface area contributed by atoms with Crippen LogP contribution in [-0.2, 0) is 21.3 Å². The van der Waals surface area contributed by atoms with Crippen molar-refractivity contribution in [2.75, 3.05) is 5.75 Å². The Morgan fingerprint density at radius 1 is 1.07 bits per heavy atom. The zero-order chi connectivity index (χ0) is 21.9. The number of hydrogen-bond donors (Lipinski definition) is 2. The lowest BCUT2D eigenvalue weighted by molar-refractivity contribution is -0.118. The molecular formula is C20H18ClN3O5S. The number of ketones is 1. The molecule has 10 heteroatoms. The molecule has 1 heterocycles. The van der Waals surface area contributed by atoms with Gasteiger partial charge in [0.25, 0.3) is 16.0 Å². The number of rotatable bonds is 8. The summed E-state index contributed by atoms with van der Waals surface area (Å²) >= 11 is 5.96. The Balaban J connectivity index is 2.13. The summed E-state index contributed by atoms with van der Waals surface area (Å²) in [6, 6.07) is 15.5. The minimum Gasteiger partial charge on any atom is -0.364 e. The molecule has 3 rings (SSSR count). The van der Waals surface area contributed by atoms with Crippen molar-refractivity contribution >= 4 is 33.4 Å².